The Morgan fingerprint density at radius 3 is 2.81 bits per heavy atom. The Balaban J connectivity index is 1.87. The molecule has 3 rings (SSSR count). The predicted molar refractivity (Wildman–Crippen MR) is 64.1 cm³/mol. The molecule has 1 unspecified atom stereocenters. The highest BCUT2D eigenvalue weighted by Gasteiger charge is 2.19. The molecule has 0 saturated carbocycles. The van der Waals surface area contributed by atoms with E-state index in [1.54, 1.807) is 17.5 Å². The lowest BCUT2D eigenvalue weighted by molar-refractivity contribution is 0.575. The van der Waals surface area contributed by atoms with Gasteiger partial charge in [0.05, 0.1) is 0 Å². The average Bonchev–Trinajstić information content (AvgIpc) is 3.01. The first kappa shape index (κ1) is 9.50. The summed E-state index contributed by atoms with van der Waals surface area (Å²) in [6.07, 6.45) is 1.75. The third-order valence-electron chi connectivity index (χ3n) is 2.34. The number of hydrazine groups is 1. The Labute approximate surface area is 97.0 Å². The van der Waals surface area contributed by atoms with Crippen LogP contribution in [0.5, 0.6) is 0 Å². The first-order valence-electron chi connectivity index (χ1n) is 4.97. The summed E-state index contributed by atoms with van der Waals surface area (Å²) in [6.45, 7) is 0. The molecule has 0 bridgehead atoms. The van der Waals surface area contributed by atoms with Crippen LogP contribution in [0.4, 0.5) is 0 Å². The summed E-state index contributed by atoms with van der Waals surface area (Å²) in [4.78, 5) is 8.75. The van der Waals surface area contributed by atoms with Crippen LogP contribution < -0.4 is 10.9 Å². The van der Waals surface area contributed by atoms with E-state index in [0.717, 1.165) is 16.4 Å². The quantitative estimate of drug-likeness (QED) is 0.825. The smallest absolute Gasteiger partial charge is 0.174 e. The number of aliphatic imine (C=N–C) groups is 1. The van der Waals surface area contributed by atoms with Gasteiger partial charge in [-0.1, -0.05) is 30.3 Å². The number of hydrogen-bond donors (Lipinski definition) is 2. The summed E-state index contributed by atoms with van der Waals surface area (Å²) < 4.78 is 0. The molecule has 1 aliphatic heterocycles. The second-order valence-corrected chi connectivity index (χ2v) is 4.29. The molecule has 2 N–H and O–H groups in total. The zero-order chi connectivity index (χ0) is 10.8. The number of nitrogens with one attached hydrogen (secondary N) is 2. The van der Waals surface area contributed by atoms with Crippen LogP contribution in [-0.4, -0.2) is 10.8 Å². The minimum absolute atomic E-state index is 0.0277. The van der Waals surface area contributed by atoms with Crippen molar-refractivity contribution in [1.29, 1.82) is 0 Å². The number of rotatable bonds is 2. The summed E-state index contributed by atoms with van der Waals surface area (Å²) in [6, 6.07) is 10.1. The SMILES string of the molecule is c1ccc(C2N=C(c3nccs3)NN2)cc1. The van der Waals surface area contributed by atoms with Crippen molar-refractivity contribution < 1.29 is 0 Å². The number of amidine groups is 1. The van der Waals surface area contributed by atoms with Crippen molar-refractivity contribution in [2.24, 2.45) is 4.99 Å². The minimum Gasteiger partial charge on any atom is -0.301 e. The van der Waals surface area contributed by atoms with Crippen molar-refractivity contribution in [3.8, 4) is 0 Å². The van der Waals surface area contributed by atoms with Crippen molar-refractivity contribution in [2.45, 2.75) is 6.17 Å². The Morgan fingerprint density at radius 2 is 2.06 bits per heavy atom. The zero-order valence-electron chi connectivity index (χ0n) is 8.42. The molecular formula is C11H10N4S. The molecule has 0 spiro atoms. The van der Waals surface area contributed by atoms with Crippen LogP contribution >= 0.6 is 11.3 Å². The van der Waals surface area contributed by atoms with Gasteiger partial charge in [-0.05, 0) is 5.56 Å². The molecular weight excluding hydrogens is 220 g/mol. The van der Waals surface area contributed by atoms with E-state index in [0.29, 0.717) is 0 Å². The van der Waals surface area contributed by atoms with Crippen LogP contribution in [0.25, 0.3) is 0 Å². The van der Waals surface area contributed by atoms with Crippen molar-refractivity contribution >= 4 is 17.2 Å². The molecule has 1 aromatic heterocycles. The number of benzene rings is 1. The highest BCUT2D eigenvalue weighted by molar-refractivity contribution is 7.11. The Bertz CT molecular complexity index is 492. The fraction of sp³-hybridized carbons (Fsp3) is 0.0909. The summed E-state index contributed by atoms with van der Waals surface area (Å²) in [5, 5.41) is 2.85. The molecule has 5 heteroatoms. The van der Waals surface area contributed by atoms with Crippen LogP contribution in [-0.2, 0) is 0 Å². The first-order valence-corrected chi connectivity index (χ1v) is 5.85. The number of hydrogen-bond acceptors (Lipinski definition) is 5. The van der Waals surface area contributed by atoms with Crippen LogP contribution in [0.2, 0.25) is 0 Å². The second-order valence-electron chi connectivity index (χ2n) is 3.40. The average molecular weight is 230 g/mol. The van der Waals surface area contributed by atoms with E-state index in [1.165, 1.54) is 0 Å². The van der Waals surface area contributed by atoms with E-state index < -0.39 is 0 Å². The molecule has 16 heavy (non-hydrogen) atoms. The van der Waals surface area contributed by atoms with Crippen molar-refractivity contribution in [2.75, 3.05) is 0 Å². The van der Waals surface area contributed by atoms with E-state index in [9.17, 15) is 0 Å². The number of nitrogens with zero attached hydrogens (tertiary/aromatic N) is 2. The van der Waals surface area contributed by atoms with Gasteiger partial charge < -0.3 is 5.43 Å². The molecule has 1 aliphatic rings. The molecule has 4 nitrogen and oxygen atoms in total. The minimum atomic E-state index is -0.0277. The van der Waals surface area contributed by atoms with Gasteiger partial charge in [0, 0.05) is 11.6 Å². The van der Waals surface area contributed by atoms with Gasteiger partial charge in [-0.2, -0.15) is 0 Å². The van der Waals surface area contributed by atoms with Crippen LogP contribution in [0.15, 0.2) is 46.9 Å². The van der Waals surface area contributed by atoms with Gasteiger partial charge in [-0.25, -0.2) is 15.4 Å². The van der Waals surface area contributed by atoms with Gasteiger partial charge in [-0.3, -0.25) is 0 Å². The first-order chi connectivity index (χ1) is 7.93. The maximum atomic E-state index is 4.54. The fourth-order valence-corrected chi connectivity index (χ4v) is 2.16. The maximum Gasteiger partial charge on any atom is 0.174 e. The van der Waals surface area contributed by atoms with E-state index in [-0.39, 0.29) is 6.17 Å². The van der Waals surface area contributed by atoms with Crippen molar-refractivity contribution in [3.63, 3.8) is 0 Å². The molecule has 0 radical (unpaired) electrons. The highest BCUT2D eigenvalue weighted by Crippen LogP contribution is 2.18. The summed E-state index contributed by atoms with van der Waals surface area (Å²) in [5.74, 6) is 0.809. The standard InChI is InChI=1S/C11H10N4S/c1-2-4-8(5-3-1)9-13-10(15-14-9)11-12-6-7-16-11/h1-7,9,14H,(H,13,15). The van der Waals surface area contributed by atoms with Crippen LogP contribution in [0.1, 0.15) is 16.7 Å². The van der Waals surface area contributed by atoms with Crippen LogP contribution in [0, 0.1) is 0 Å². The Hall–Kier alpha value is -1.72. The van der Waals surface area contributed by atoms with Gasteiger partial charge in [0.1, 0.15) is 6.17 Å². The van der Waals surface area contributed by atoms with Gasteiger partial charge in [-0.15, -0.1) is 11.3 Å². The lowest BCUT2D eigenvalue weighted by atomic mass is 10.2. The molecule has 80 valence electrons. The van der Waals surface area contributed by atoms with E-state index in [1.807, 2.05) is 35.7 Å². The third-order valence-corrected chi connectivity index (χ3v) is 3.12. The third kappa shape index (κ3) is 1.70. The predicted octanol–water partition coefficient (Wildman–Crippen LogP) is 1.70. The monoisotopic (exact) mass is 230 g/mol. The normalized spacial score (nSPS) is 19.2. The maximum absolute atomic E-state index is 4.54. The molecule has 2 aromatic rings. The number of thiazole rings is 1. The van der Waals surface area contributed by atoms with E-state index in [4.69, 9.17) is 0 Å². The summed E-state index contributed by atoms with van der Waals surface area (Å²) in [5.41, 5.74) is 7.32. The molecule has 0 aliphatic carbocycles. The largest absolute Gasteiger partial charge is 0.301 e. The van der Waals surface area contributed by atoms with E-state index in [2.05, 4.69) is 20.8 Å². The second kappa shape index (κ2) is 4.03. The van der Waals surface area contributed by atoms with Crippen molar-refractivity contribution in [1.82, 2.24) is 15.8 Å². The molecule has 0 amide bonds. The van der Waals surface area contributed by atoms with E-state index >= 15 is 0 Å². The molecule has 2 heterocycles. The topological polar surface area (TPSA) is 49.3 Å². The Morgan fingerprint density at radius 1 is 1.19 bits per heavy atom. The summed E-state index contributed by atoms with van der Waals surface area (Å²) >= 11 is 1.57. The molecule has 0 saturated heterocycles. The van der Waals surface area contributed by atoms with Gasteiger partial charge in [0.25, 0.3) is 0 Å². The molecule has 1 aromatic carbocycles. The summed E-state index contributed by atoms with van der Waals surface area (Å²) in [7, 11) is 0. The number of aromatic nitrogens is 1. The van der Waals surface area contributed by atoms with Gasteiger partial charge in [0.15, 0.2) is 10.8 Å². The highest BCUT2D eigenvalue weighted by atomic mass is 32.1. The zero-order valence-corrected chi connectivity index (χ0v) is 9.24. The Kier molecular flexibility index (Phi) is 2.40. The van der Waals surface area contributed by atoms with Gasteiger partial charge in [0.2, 0.25) is 0 Å². The lowest BCUT2D eigenvalue weighted by Gasteiger charge is -2.06. The van der Waals surface area contributed by atoms with Crippen LogP contribution in [0.3, 0.4) is 0 Å². The van der Waals surface area contributed by atoms with Gasteiger partial charge >= 0.3 is 0 Å². The van der Waals surface area contributed by atoms with Crippen molar-refractivity contribution in [3.05, 3.63) is 52.5 Å². The fourth-order valence-electron chi connectivity index (χ4n) is 1.57. The lowest BCUT2D eigenvalue weighted by Crippen LogP contribution is -2.31. The molecule has 1 atom stereocenters. The molecule has 0 fully saturated rings.